The van der Waals surface area contributed by atoms with Gasteiger partial charge in [-0.1, -0.05) is 38.1 Å². The van der Waals surface area contributed by atoms with Gasteiger partial charge in [0.25, 0.3) is 0 Å². The van der Waals surface area contributed by atoms with E-state index in [1.807, 2.05) is 13.8 Å². The molecule has 0 atom stereocenters. The summed E-state index contributed by atoms with van der Waals surface area (Å²) in [6.07, 6.45) is -2.06. The van der Waals surface area contributed by atoms with Gasteiger partial charge < -0.3 is 5.32 Å². The zero-order valence-electron chi connectivity index (χ0n) is 9.87. The van der Waals surface area contributed by atoms with Gasteiger partial charge in [0.2, 0.25) is 0 Å². The maximum absolute atomic E-state index is 12.3. The van der Waals surface area contributed by atoms with Crippen LogP contribution in [0.25, 0.3) is 0 Å². The van der Waals surface area contributed by atoms with E-state index in [1.54, 1.807) is 6.92 Å². The molecule has 0 aliphatic carbocycles. The maximum atomic E-state index is 12.3. The number of hydrogen-bond acceptors (Lipinski definition) is 1. The smallest absolute Gasteiger partial charge is 0.388 e. The summed E-state index contributed by atoms with van der Waals surface area (Å²) in [4.78, 5) is 0. The van der Waals surface area contributed by atoms with Crippen LogP contribution >= 0.6 is 11.6 Å². The summed E-state index contributed by atoms with van der Waals surface area (Å²) in [6.45, 7) is 8.68. The summed E-state index contributed by atoms with van der Waals surface area (Å²) in [5.41, 5.74) is -0.610. The highest BCUT2D eigenvalue weighted by molar-refractivity contribution is 6.31. The van der Waals surface area contributed by atoms with Crippen molar-refractivity contribution in [3.8, 4) is 0 Å². The molecule has 0 amide bonds. The molecule has 0 heterocycles. The van der Waals surface area contributed by atoms with Crippen molar-refractivity contribution < 1.29 is 13.2 Å². The van der Waals surface area contributed by atoms with E-state index in [9.17, 15) is 13.2 Å². The van der Waals surface area contributed by atoms with Gasteiger partial charge in [-0.2, -0.15) is 13.2 Å². The Bertz CT molecular complexity index is 277. The van der Waals surface area contributed by atoms with E-state index in [0.29, 0.717) is 5.70 Å². The van der Waals surface area contributed by atoms with Gasteiger partial charge in [0.15, 0.2) is 0 Å². The third kappa shape index (κ3) is 6.56. The Hall–Kier alpha value is -0.900. The summed E-state index contributed by atoms with van der Waals surface area (Å²) in [5, 5.41) is 2.07. The average molecular weight is 256 g/mol. The van der Waals surface area contributed by atoms with Gasteiger partial charge in [0.05, 0.1) is 5.57 Å². The minimum atomic E-state index is -4.48. The molecule has 0 rings (SSSR count). The van der Waals surface area contributed by atoms with Gasteiger partial charge in [-0.25, -0.2) is 0 Å². The van der Waals surface area contributed by atoms with E-state index < -0.39 is 16.8 Å². The van der Waals surface area contributed by atoms with Crippen molar-refractivity contribution in [2.24, 2.45) is 0 Å². The lowest BCUT2D eigenvalue weighted by Gasteiger charge is -2.11. The Labute approximate surface area is 99.7 Å². The highest BCUT2D eigenvalue weighted by atomic mass is 35.5. The Morgan fingerprint density at radius 1 is 1.31 bits per heavy atom. The van der Waals surface area contributed by atoms with Crippen LogP contribution in [-0.4, -0.2) is 13.2 Å². The van der Waals surface area contributed by atoms with Crippen LogP contribution in [0.3, 0.4) is 0 Å². The van der Waals surface area contributed by atoms with Crippen LogP contribution < -0.4 is 5.32 Å². The first-order valence-electron chi connectivity index (χ1n) is 4.80. The summed E-state index contributed by atoms with van der Waals surface area (Å²) in [6, 6.07) is 0. The van der Waals surface area contributed by atoms with Crippen molar-refractivity contribution in [3.63, 3.8) is 0 Å². The highest BCUT2D eigenvalue weighted by Gasteiger charge is 2.34. The standard InChI is InChI=1S/C9H11ClF3N.C2H6/c1-4-7(14-3)5-8(6(2)10)9(11,12)13;1-2/h4-5,14H,2H2,1,3H3;1-2H3/b7-4+,8-5+;. The van der Waals surface area contributed by atoms with E-state index in [0.717, 1.165) is 6.08 Å². The average Bonchev–Trinajstić information content (AvgIpc) is 2.20. The van der Waals surface area contributed by atoms with Crippen LogP contribution in [0, 0.1) is 0 Å². The summed E-state index contributed by atoms with van der Waals surface area (Å²) >= 11 is 5.25. The van der Waals surface area contributed by atoms with Crippen LogP contribution in [0.15, 0.2) is 35.0 Å². The van der Waals surface area contributed by atoms with Crippen molar-refractivity contribution in [3.05, 3.63) is 35.0 Å². The van der Waals surface area contributed by atoms with Crippen LogP contribution in [-0.2, 0) is 0 Å². The molecule has 1 N–H and O–H groups in total. The Morgan fingerprint density at radius 2 is 1.75 bits per heavy atom. The van der Waals surface area contributed by atoms with E-state index in [-0.39, 0.29) is 0 Å². The number of rotatable bonds is 3. The maximum Gasteiger partial charge on any atom is 0.417 e. The molecule has 0 fully saturated rings. The number of likely N-dealkylation sites (N-methyl/N-ethyl adjacent to an activating group) is 1. The van der Waals surface area contributed by atoms with Gasteiger partial charge in [0.1, 0.15) is 0 Å². The minimum absolute atomic E-state index is 0.333. The van der Waals surface area contributed by atoms with Gasteiger partial charge in [-0.05, 0) is 13.0 Å². The molecule has 0 aromatic carbocycles. The number of nitrogens with one attached hydrogen (secondary N) is 1. The van der Waals surface area contributed by atoms with Gasteiger partial charge in [0, 0.05) is 17.8 Å². The monoisotopic (exact) mass is 255 g/mol. The summed E-state index contributed by atoms with van der Waals surface area (Å²) in [5.74, 6) is 0. The molecule has 0 saturated carbocycles. The van der Waals surface area contributed by atoms with Gasteiger partial charge >= 0.3 is 6.18 Å². The lowest BCUT2D eigenvalue weighted by molar-refractivity contribution is -0.0886. The van der Waals surface area contributed by atoms with Crippen molar-refractivity contribution in [1.82, 2.24) is 5.32 Å². The SMILES string of the molecule is C=C(Cl)/C(=C\C(=C/C)NC)C(F)(F)F.CC. The Kier molecular flexibility index (Phi) is 9.05. The molecule has 0 unspecified atom stereocenters. The molecule has 0 aromatic heterocycles. The van der Waals surface area contributed by atoms with Crippen molar-refractivity contribution in [2.45, 2.75) is 26.9 Å². The lowest BCUT2D eigenvalue weighted by atomic mass is 10.2. The second kappa shape index (κ2) is 8.28. The zero-order chi connectivity index (χ0) is 13.4. The summed E-state index contributed by atoms with van der Waals surface area (Å²) < 4.78 is 37.0. The third-order valence-electron chi connectivity index (χ3n) is 1.50. The normalized spacial score (nSPS) is 12.8. The Morgan fingerprint density at radius 3 is 1.94 bits per heavy atom. The van der Waals surface area contributed by atoms with E-state index in [2.05, 4.69) is 11.9 Å². The molecule has 0 bridgehead atoms. The highest BCUT2D eigenvalue weighted by Crippen LogP contribution is 2.32. The molecule has 0 radical (unpaired) electrons. The molecule has 0 aromatic rings. The van der Waals surface area contributed by atoms with Crippen LogP contribution in [0.5, 0.6) is 0 Å². The molecular weight excluding hydrogens is 239 g/mol. The van der Waals surface area contributed by atoms with Crippen LogP contribution in [0.4, 0.5) is 13.2 Å². The fourth-order valence-corrected chi connectivity index (χ4v) is 0.931. The fraction of sp³-hybridized carbons (Fsp3) is 0.455. The van der Waals surface area contributed by atoms with Crippen molar-refractivity contribution in [2.75, 3.05) is 7.05 Å². The quantitative estimate of drug-likeness (QED) is 0.738. The first-order valence-corrected chi connectivity index (χ1v) is 5.18. The van der Waals surface area contributed by atoms with Crippen molar-refractivity contribution >= 4 is 11.6 Å². The molecule has 0 aliphatic rings. The third-order valence-corrected chi connectivity index (χ3v) is 1.70. The predicted molar refractivity (Wildman–Crippen MR) is 63.3 cm³/mol. The molecule has 0 aliphatic heterocycles. The van der Waals surface area contributed by atoms with Crippen LogP contribution in [0.2, 0.25) is 0 Å². The van der Waals surface area contributed by atoms with E-state index in [4.69, 9.17) is 11.6 Å². The number of halogens is 4. The molecule has 1 nitrogen and oxygen atoms in total. The van der Waals surface area contributed by atoms with Gasteiger partial charge in [-0.3, -0.25) is 0 Å². The molecule has 5 heteroatoms. The number of hydrogen-bond donors (Lipinski definition) is 1. The lowest BCUT2D eigenvalue weighted by Crippen LogP contribution is -2.14. The first-order chi connectivity index (χ1) is 7.32. The number of allylic oxidation sites excluding steroid dienone is 4. The van der Waals surface area contributed by atoms with Crippen molar-refractivity contribution in [1.29, 1.82) is 0 Å². The second-order valence-corrected chi connectivity index (χ2v) is 2.91. The van der Waals surface area contributed by atoms with E-state index in [1.165, 1.54) is 13.1 Å². The molecular formula is C11H17ClF3N. The minimum Gasteiger partial charge on any atom is -0.388 e. The molecule has 0 spiro atoms. The topological polar surface area (TPSA) is 12.0 Å². The largest absolute Gasteiger partial charge is 0.417 e. The predicted octanol–water partition coefficient (Wildman–Crippen LogP) is 4.38. The zero-order valence-corrected chi connectivity index (χ0v) is 10.6. The molecule has 94 valence electrons. The summed E-state index contributed by atoms with van der Waals surface area (Å²) in [7, 11) is 1.52. The fourth-order valence-electron chi connectivity index (χ4n) is 0.769. The molecule has 16 heavy (non-hydrogen) atoms. The number of alkyl halides is 3. The Balaban J connectivity index is 0. The van der Waals surface area contributed by atoms with E-state index >= 15 is 0 Å². The van der Waals surface area contributed by atoms with Gasteiger partial charge in [-0.15, -0.1) is 0 Å². The molecule has 0 saturated heterocycles. The second-order valence-electron chi connectivity index (χ2n) is 2.45. The first kappa shape index (κ1) is 17.5. The van der Waals surface area contributed by atoms with Crippen LogP contribution in [0.1, 0.15) is 20.8 Å².